The van der Waals surface area contributed by atoms with E-state index in [2.05, 4.69) is 5.32 Å². The topological polar surface area (TPSA) is 83.6 Å². The fourth-order valence-electron chi connectivity index (χ4n) is 3.76. The van der Waals surface area contributed by atoms with Gasteiger partial charge >= 0.3 is 0 Å². The molecule has 0 aliphatic heterocycles. The third-order valence-corrected chi connectivity index (χ3v) is 7.54. The molecule has 0 atom stereocenters. The number of ketones is 1. The summed E-state index contributed by atoms with van der Waals surface area (Å²) in [5, 5.41) is 2.73. The number of aryl methyl sites for hydroxylation is 2. The summed E-state index contributed by atoms with van der Waals surface area (Å²) < 4.78 is 26.4. The first-order valence-electron chi connectivity index (χ1n) is 10.4. The van der Waals surface area contributed by atoms with E-state index in [0.29, 0.717) is 24.3 Å². The summed E-state index contributed by atoms with van der Waals surface area (Å²) in [7, 11) is -3.53. The number of sulfonamides is 1. The third kappa shape index (κ3) is 4.96. The number of hydrogen-bond acceptors (Lipinski definition) is 4. The molecule has 2 aromatic carbocycles. The first kappa shape index (κ1) is 22.2. The van der Waals surface area contributed by atoms with Crippen LogP contribution in [0.25, 0.3) is 0 Å². The summed E-state index contributed by atoms with van der Waals surface area (Å²) in [6, 6.07) is 11.9. The summed E-state index contributed by atoms with van der Waals surface area (Å²) in [6.45, 7) is 4.38. The van der Waals surface area contributed by atoms with Crippen molar-refractivity contribution in [2.75, 3.05) is 18.4 Å². The SMILES string of the molecule is CCN(CC)S(=O)(=O)c1ccc(NC(=O)CCC(=O)c2ccc3c(c2)CCC3)cc1. The molecule has 7 heteroatoms. The van der Waals surface area contributed by atoms with Crippen LogP contribution in [0.4, 0.5) is 5.69 Å². The molecule has 3 rings (SSSR count). The van der Waals surface area contributed by atoms with Gasteiger partial charge in [0, 0.05) is 37.2 Å². The second-order valence-electron chi connectivity index (χ2n) is 7.42. The van der Waals surface area contributed by atoms with Crippen molar-refractivity contribution >= 4 is 27.4 Å². The molecule has 0 radical (unpaired) electrons. The van der Waals surface area contributed by atoms with E-state index in [-0.39, 0.29) is 29.4 Å². The number of carbonyl (C=O) groups is 2. The van der Waals surface area contributed by atoms with Gasteiger partial charge in [0.25, 0.3) is 0 Å². The van der Waals surface area contributed by atoms with Crippen molar-refractivity contribution in [1.29, 1.82) is 0 Å². The minimum absolute atomic E-state index is 0.0412. The van der Waals surface area contributed by atoms with Crippen LogP contribution in [0.5, 0.6) is 0 Å². The number of fused-ring (bicyclic) bond motifs is 1. The molecule has 2 aromatic rings. The van der Waals surface area contributed by atoms with Gasteiger partial charge < -0.3 is 5.32 Å². The van der Waals surface area contributed by atoms with Crippen LogP contribution >= 0.6 is 0 Å². The average Bonchev–Trinajstić information content (AvgIpc) is 3.21. The summed E-state index contributed by atoms with van der Waals surface area (Å²) in [4.78, 5) is 24.8. The molecule has 1 N–H and O–H groups in total. The van der Waals surface area contributed by atoms with Gasteiger partial charge in [0.1, 0.15) is 0 Å². The molecular formula is C23H28N2O4S. The van der Waals surface area contributed by atoms with E-state index in [4.69, 9.17) is 0 Å². The van der Waals surface area contributed by atoms with Gasteiger partial charge in [0.05, 0.1) is 4.90 Å². The normalized spacial score (nSPS) is 13.3. The van der Waals surface area contributed by atoms with Gasteiger partial charge in [-0.2, -0.15) is 4.31 Å². The number of anilines is 1. The molecule has 0 heterocycles. The van der Waals surface area contributed by atoms with Crippen LogP contribution < -0.4 is 5.32 Å². The van der Waals surface area contributed by atoms with Gasteiger partial charge in [-0.15, -0.1) is 0 Å². The molecular weight excluding hydrogens is 400 g/mol. The largest absolute Gasteiger partial charge is 0.326 e. The van der Waals surface area contributed by atoms with Crippen molar-refractivity contribution in [3.05, 3.63) is 59.2 Å². The number of Topliss-reactive ketones (excluding diaryl/α,β-unsaturated/α-hetero) is 1. The molecule has 1 amide bonds. The van der Waals surface area contributed by atoms with Crippen LogP contribution in [0.1, 0.15) is 54.6 Å². The Kier molecular flexibility index (Phi) is 7.05. The zero-order chi connectivity index (χ0) is 21.7. The maximum absolute atomic E-state index is 12.5. The van der Waals surface area contributed by atoms with Gasteiger partial charge in [0.15, 0.2) is 5.78 Å². The lowest BCUT2D eigenvalue weighted by Crippen LogP contribution is -2.30. The molecule has 1 aliphatic rings. The van der Waals surface area contributed by atoms with Gasteiger partial charge in [-0.1, -0.05) is 26.0 Å². The Hall–Kier alpha value is -2.51. The van der Waals surface area contributed by atoms with Gasteiger partial charge in [0.2, 0.25) is 15.9 Å². The summed E-state index contributed by atoms with van der Waals surface area (Å²) in [5.74, 6) is -0.315. The number of nitrogens with zero attached hydrogens (tertiary/aromatic N) is 1. The first-order valence-corrected chi connectivity index (χ1v) is 11.8. The van der Waals surface area contributed by atoms with Crippen molar-refractivity contribution in [3.63, 3.8) is 0 Å². The minimum atomic E-state index is -3.53. The molecule has 0 spiro atoms. The van der Waals surface area contributed by atoms with E-state index in [9.17, 15) is 18.0 Å². The number of nitrogens with one attached hydrogen (secondary N) is 1. The van der Waals surface area contributed by atoms with Gasteiger partial charge in [-0.3, -0.25) is 9.59 Å². The molecule has 0 bridgehead atoms. The fourth-order valence-corrected chi connectivity index (χ4v) is 5.22. The smallest absolute Gasteiger partial charge is 0.243 e. The predicted molar refractivity (Wildman–Crippen MR) is 117 cm³/mol. The number of carbonyl (C=O) groups excluding carboxylic acids is 2. The van der Waals surface area contributed by atoms with Crippen molar-refractivity contribution in [2.24, 2.45) is 0 Å². The molecule has 0 saturated carbocycles. The highest BCUT2D eigenvalue weighted by Crippen LogP contribution is 2.24. The maximum atomic E-state index is 12.5. The Labute approximate surface area is 178 Å². The molecule has 160 valence electrons. The van der Waals surface area contributed by atoms with Crippen LogP contribution in [-0.2, 0) is 27.7 Å². The van der Waals surface area contributed by atoms with E-state index >= 15 is 0 Å². The monoisotopic (exact) mass is 428 g/mol. The highest BCUT2D eigenvalue weighted by molar-refractivity contribution is 7.89. The Bertz CT molecular complexity index is 1030. The van der Waals surface area contributed by atoms with Crippen molar-refractivity contribution < 1.29 is 18.0 Å². The second-order valence-corrected chi connectivity index (χ2v) is 9.36. The Morgan fingerprint density at radius 1 is 0.933 bits per heavy atom. The van der Waals surface area contributed by atoms with E-state index in [1.54, 1.807) is 26.0 Å². The number of benzene rings is 2. The quantitative estimate of drug-likeness (QED) is 0.616. The van der Waals surface area contributed by atoms with Crippen molar-refractivity contribution in [1.82, 2.24) is 4.31 Å². The summed E-state index contributed by atoms with van der Waals surface area (Å²) in [6.07, 6.45) is 3.43. The van der Waals surface area contributed by atoms with Gasteiger partial charge in [-0.05, 0) is 60.7 Å². The average molecular weight is 429 g/mol. The minimum Gasteiger partial charge on any atom is -0.326 e. The lowest BCUT2D eigenvalue weighted by molar-refractivity contribution is -0.116. The lowest BCUT2D eigenvalue weighted by Gasteiger charge is -2.18. The second kappa shape index (κ2) is 9.53. The number of rotatable bonds is 9. The molecule has 30 heavy (non-hydrogen) atoms. The Morgan fingerprint density at radius 3 is 2.27 bits per heavy atom. The fraction of sp³-hybridized carbons (Fsp3) is 0.391. The van der Waals surface area contributed by atoms with E-state index in [1.165, 1.54) is 27.6 Å². The zero-order valence-corrected chi connectivity index (χ0v) is 18.3. The third-order valence-electron chi connectivity index (χ3n) is 5.48. The molecule has 0 fully saturated rings. The van der Waals surface area contributed by atoms with Crippen LogP contribution in [0, 0.1) is 0 Å². The first-order chi connectivity index (χ1) is 14.3. The maximum Gasteiger partial charge on any atom is 0.243 e. The van der Waals surface area contributed by atoms with Crippen molar-refractivity contribution in [2.45, 2.75) is 50.8 Å². The van der Waals surface area contributed by atoms with E-state index < -0.39 is 10.0 Å². The van der Waals surface area contributed by atoms with E-state index in [1.807, 2.05) is 18.2 Å². The summed E-state index contributed by atoms with van der Waals surface area (Å²) >= 11 is 0. The van der Waals surface area contributed by atoms with Crippen LogP contribution in [-0.4, -0.2) is 37.5 Å². The molecule has 0 unspecified atom stereocenters. The summed E-state index contributed by atoms with van der Waals surface area (Å²) in [5.41, 5.74) is 3.72. The standard InChI is InChI=1S/C23H28N2O4S/c1-3-25(4-2)30(28,29)21-12-10-20(11-13-21)24-23(27)15-14-22(26)19-9-8-17-6-5-7-18(17)16-19/h8-13,16H,3-7,14-15H2,1-2H3,(H,24,27). The Morgan fingerprint density at radius 2 is 1.60 bits per heavy atom. The molecule has 0 saturated heterocycles. The number of amides is 1. The highest BCUT2D eigenvalue weighted by Gasteiger charge is 2.21. The molecule has 1 aliphatic carbocycles. The van der Waals surface area contributed by atoms with Crippen LogP contribution in [0.15, 0.2) is 47.4 Å². The van der Waals surface area contributed by atoms with E-state index in [0.717, 1.165) is 19.3 Å². The number of hydrogen-bond donors (Lipinski definition) is 1. The zero-order valence-electron chi connectivity index (χ0n) is 17.5. The molecule has 0 aromatic heterocycles. The lowest BCUT2D eigenvalue weighted by atomic mass is 10.0. The predicted octanol–water partition coefficient (Wildman–Crippen LogP) is 3.81. The van der Waals surface area contributed by atoms with Crippen molar-refractivity contribution in [3.8, 4) is 0 Å². The molecule has 6 nitrogen and oxygen atoms in total. The van der Waals surface area contributed by atoms with Crippen LogP contribution in [0.2, 0.25) is 0 Å². The highest BCUT2D eigenvalue weighted by atomic mass is 32.2. The van der Waals surface area contributed by atoms with Crippen LogP contribution in [0.3, 0.4) is 0 Å². The Balaban J connectivity index is 1.55. The van der Waals surface area contributed by atoms with Gasteiger partial charge in [-0.25, -0.2) is 8.42 Å².